The Bertz CT molecular complexity index is 903. The fourth-order valence-corrected chi connectivity index (χ4v) is 2.89. The summed E-state index contributed by atoms with van der Waals surface area (Å²) in [5, 5.41) is 16.5. The summed E-state index contributed by atoms with van der Waals surface area (Å²) in [7, 11) is 0. The molecule has 0 aromatic heterocycles. The maximum atomic E-state index is 12.8. The molecule has 0 saturated heterocycles. The average Bonchev–Trinajstić information content (AvgIpc) is 2.56. The van der Waals surface area contributed by atoms with Crippen LogP contribution in [0.5, 0.6) is 0 Å². The Balaban J connectivity index is 2.24. The molecule has 0 radical (unpaired) electrons. The monoisotopic (exact) mass is 395 g/mol. The van der Waals surface area contributed by atoms with Crippen LogP contribution in [-0.4, -0.2) is 16.9 Å². The van der Waals surface area contributed by atoms with Gasteiger partial charge in [0.05, 0.1) is 10.5 Å². The van der Waals surface area contributed by atoms with Crippen LogP contribution < -0.4 is 10.6 Å². The van der Waals surface area contributed by atoms with Crippen molar-refractivity contribution < 1.29 is 22.9 Å². The van der Waals surface area contributed by atoms with Crippen LogP contribution >= 0.6 is 0 Å². The van der Waals surface area contributed by atoms with Crippen LogP contribution in [0.3, 0.4) is 0 Å². The Kier molecular flexibility index (Phi) is 5.96. The normalized spacial score (nSPS) is 12.4. The van der Waals surface area contributed by atoms with Gasteiger partial charge in [-0.15, -0.1) is 0 Å². The highest BCUT2D eigenvalue weighted by atomic mass is 19.4. The number of carbonyl (C=O) groups is 1. The number of nitro benzene ring substituents is 1. The molecule has 2 N–H and O–H groups in total. The molecule has 0 unspecified atom stereocenters. The lowest BCUT2D eigenvalue weighted by Crippen LogP contribution is -2.32. The molecule has 6 nitrogen and oxygen atoms in total. The third-order valence-corrected chi connectivity index (χ3v) is 4.21. The number of benzene rings is 2. The number of rotatable bonds is 5. The molecule has 0 fully saturated rings. The maximum Gasteiger partial charge on any atom is 0.416 e. The van der Waals surface area contributed by atoms with Crippen LogP contribution in [0.2, 0.25) is 0 Å². The largest absolute Gasteiger partial charge is 0.416 e. The zero-order valence-corrected chi connectivity index (χ0v) is 15.8. The van der Waals surface area contributed by atoms with Crippen molar-refractivity contribution in [3.63, 3.8) is 0 Å². The summed E-state index contributed by atoms with van der Waals surface area (Å²) in [5.41, 5.74) is 1.34. The fraction of sp³-hybridized carbons (Fsp3) is 0.316. The quantitative estimate of drug-likeness (QED) is 0.553. The minimum absolute atomic E-state index is 0.169. The Morgan fingerprint density at radius 1 is 1.11 bits per heavy atom. The molecule has 0 aliphatic rings. The number of anilines is 2. The van der Waals surface area contributed by atoms with Crippen LogP contribution in [0.15, 0.2) is 30.3 Å². The number of hydrogen-bond donors (Lipinski definition) is 2. The summed E-state index contributed by atoms with van der Waals surface area (Å²) in [4.78, 5) is 22.7. The van der Waals surface area contributed by atoms with Crippen molar-refractivity contribution in [1.82, 2.24) is 0 Å². The number of hydrogen-bond acceptors (Lipinski definition) is 4. The number of nitro groups is 1. The van der Waals surface area contributed by atoms with Gasteiger partial charge in [-0.25, -0.2) is 0 Å². The van der Waals surface area contributed by atoms with E-state index in [0.717, 1.165) is 28.8 Å². The van der Waals surface area contributed by atoms with E-state index in [1.54, 1.807) is 0 Å². The van der Waals surface area contributed by atoms with E-state index >= 15 is 0 Å². The van der Waals surface area contributed by atoms with E-state index in [4.69, 9.17) is 0 Å². The predicted molar refractivity (Wildman–Crippen MR) is 100 cm³/mol. The van der Waals surface area contributed by atoms with Crippen molar-refractivity contribution in [1.29, 1.82) is 0 Å². The summed E-state index contributed by atoms with van der Waals surface area (Å²) < 4.78 is 38.4. The van der Waals surface area contributed by atoms with Crippen molar-refractivity contribution >= 4 is 23.0 Å². The number of aryl methyl sites for hydroxylation is 3. The minimum atomic E-state index is -4.70. The molecule has 0 spiro atoms. The summed E-state index contributed by atoms with van der Waals surface area (Å²) in [5.74, 6) is -0.468. The molecule has 0 saturated carbocycles. The number of halogens is 3. The summed E-state index contributed by atoms with van der Waals surface area (Å²) >= 11 is 0. The lowest BCUT2D eigenvalue weighted by Gasteiger charge is -2.18. The third kappa shape index (κ3) is 4.79. The van der Waals surface area contributed by atoms with Crippen LogP contribution in [0, 0.1) is 30.9 Å². The smallest absolute Gasteiger partial charge is 0.368 e. The van der Waals surface area contributed by atoms with E-state index in [0.29, 0.717) is 11.8 Å². The first-order chi connectivity index (χ1) is 12.9. The average molecular weight is 395 g/mol. The van der Waals surface area contributed by atoms with Gasteiger partial charge in [0.15, 0.2) is 0 Å². The zero-order chi connectivity index (χ0) is 21.2. The molecule has 9 heteroatoms. The number of alkyl halides is 3. The molecule has 0 aliphatic heterocycles. The number of carbonyl (C=O) groups excluding carboxylic acids is 1. The van der Waals surface area contributed by atoms with Gasteiger partial charge in [0.1, 0.15) is 11.7 Å². The molecule has 150 valence electrons. The van der Waals surface area contributed by atoms with Crippen molar-refractivity contribution in [3.8, 4) is 0 Å². The van der Waals surface area contributed by atoms with Crippen molar-refractivity contribution in [2.24, 2.45) is 0 Å². The van der Waals surface area contributed by atoms with E-state index in [9.17, 15) is 28.1 Å². The molecule has 2 aromatic carbocycles. The number of nitrogens with one attached hydrogen (secondary N) is 2. The van der Waals surface area contributed by atoms with Crippen LogP contribution in [0.1, 0.15) is 29.2 Å². The molecule has 0 bridgehead atoms. The van der Waals surface area contributed by atoms with E-state index < -0.39 is 34.3 Å². The van der Waals surface area contributed by atoms with Gasteiger partial charge in [-0.2, -0.15) is 13.2 Å². The fourth-order valence-electron chi connectivity index (χ4n) is 2.89. The van der Waals surface area contributed by atoms with Gasteiger partial charge in [-0.3, -0.25) is 14.9 Å². The maximum absolute atomic E-state index is 12.8. The van der Waals surface area contributed by atoms with Crippen molar-refractivity contribution in [2.45, 2.75) is 39.9 Å². The standard InChI is InChI=1S/C19H20F3N3O3/c1-10-7-11(2)17(12(3)8-10)24-18(26)13(4)23-15-6-5-14(19(20,21)22)9-16(15)25(27)28/h5-9,13,23H,1-4H3,(H,24,26)/t13-/m0/s1. The number of nitrogens with zero attached hydrogens (tertiary/aromatic N) is 1. The summed E-state index contributed by atoms with van der Waals surface area (Å²) in [6.45, 7) is 7.08. The highest BCUT2D eigenvalue weighted by Gasteiger charge is 2.33. The van der Waals surface area contributed by atoms with Gasteiger partial charge in [0.25, 0.3) is 5.69 Å². The molecule has 0 heterocycles. The molecule has 1 amide bonds. The topological polar surface area (TPSA) is 84.3 Å². The second-order valence-electron chi connectivity index (χ2n) is 6.62. The van der Waals surface area contributed by atoms with E-state index in [1.165, 1.54) is 6.92 Å². The van der Waals surface area contributed by atoms with E-state index in [1.807, 2.05) is 32.9 Å². The van der Waals surface area contributed by atoms with Gasteiger partial charge >= 0.3 is 6.18 Å². The Morgan fingerprint density at radius 2 is 1.68 bits per heavy atom. The summed E-state index contributed by atoms with van der Waals surface area (Å²) in [6.07, 6.45) is -4.70. The molecule has 2 aromatic rings. The highest BCUT2D eigenvalue weighted by molar-refractivity contribution is 5.97. The second-order valence-corrected chi connectivity index (χ2v) is 6.62. The third-order valence-electron chi connectivity index (χ3n) is 4.21. The van der Waals surface area contributed by atoms with Gasteiger partial charge in [-0.05, 0) is 51.0 Å². The second kappa shape index (κ2) is 7.87. The molecule has 0 aliphatic carbocycles. The molecule has 2 rings (SSSR count). The van der Waals surface area contributed by atoms with Gasteiger partial charge in [0.2, 0.25) is 5.91 Å². The van der Waals surface area contributed by atoms with Crippen molar-refractivity contribution in [2.75, 3.05) is 10.6 Å². The van der Waals surface area contributed by atoms with Crippen LogP contribution in [-0.2, 0) is 11.0 Å². The predicted octanol–water partition coefficient (Wildman–Crippen LogP) is 4.98. The zero-order valence-electron chi connectivity index (χ0n) is 15.8. The minimum Gasteiger partial charge on any atom is -0.368 e. The van der Waals surface area contributed by atoms with E-state index in [2.05, 4.69) is 10.6 Å². The summed E-state index contributed by atoms with van der Waals surface area (Å²) in [6, 6.07) is 5.02. The van der Waals surface area contributed by atoms with Crippen LogP contribution in [0.4, 0.5) is 30.2 Å². The Hall–Kier alpha value is -3.10. The lowest BCUT2D eigenvalue weighted by atomic mass is 10.0. The highest BCUT2D eigenvalue weighted by Crippen LogP contribution is 2.35. The Morgan fingerprint density at radius 3 is 2.18 bits per heavy atom. The first-order valence-electron chi connectivity index (χ1n) is 8.41. The lowest BCUT2D eigenvalue weighted by molar-refractivity contribution is -0.384. The Labute approximate surface area is 159 Å². The van der Waals surface area contributed by atoms with Crippen molar-refractivity contribution in [3.05, 3.63) is 62.7 Å². The molecular formula is C19H20F3N3O3. The van der Waals surface area contributed by atoms with Crippen LogP contribution in [0.25, 0.3) is 0 Å². The van der Waals surface area contributed by atoms with E-state index in [-0.39, 0.29) is 5.69 Å². The molecular weight excluding hydrogens is 375 g/mol. The van der Waals surface area contributed by atoms with Gasteiger partial charge in [-0.1, -0.05) is 17.7 Å². The first-order valence-corrected chi connectivity index (χ1v) is 8.41. The molecule has 28 heavy (non-hydrogen) atoms. The van der Waals surface area contributed by atoms with Gasteiger partial charge < -0.3 is 10.6 Å². The first kappa shape index (κ1) is 21.2. The van der Waals surface area contributed by atoms with Gasteiger partial charge in [0, 0.05) is 11.8 Å². The SMILES string of the molecule is Cc1cc(C)c(NC(=O)[C@H](C)Nc2ccc(C(F)(F)F)cc2[N+](=O)[O-])c(C)c1. The molecule has 1 atom stereocenters. The number of amides is 1.